The number of rotatable bonds is 4. The van der Waals surface area contributed by atoms with Crippen LogP contribution in [0.4, 0.5) is 11.4 Å². The number of carbonyl (C=O) groups excluding carboxylic acids is 1. The van der Waals surface area contributed by atoms with Crippen molar-refractivity contribution in [3.63, 3.8) is 0 Å². The molecule has 0 spiro atoms. The first-order valence-electron chi connectivity index (χ1n) is 6.11. The highest BCUT2D eigenvalue weighted by atomic mass is 35.5. The van der Waals surface area contributed by atoms with E-state index in [0.717, 1.165) is 0 Å². The lowest BCUT2D eigenvalue weighted by Crippen LogP contribution is -2.43. The Morgan fingerprint density at radius 2 is 2.15 bits per heavy atom. The van der Waals surface area contributed by atoms with Gasteiger partial charge in [0, 0.05) is 24.8 Å². The van der Waals surface area contributed by atoms with Gasteiger partial charge in [0.25, 0.3) is 5.69 Å². The zero-order chi connectivity index (χ0) is 14.5. The number of amides is 1. The Labute approximate surface area is 120 Å². The summed E-state index contributed by atoms with van der Waals surface area (Å²) in [6.45, 7) is 2.30. The van der Waals surface area contributed by atoms with Gasteiger partial charge in [0.15, 0.2) is 0 Å². The number of nitrogens with zero attached hydrogens (tertiary/aromatic N) is 2. The summed E-state index contributed by atoms with van der Waals surface area (Å²) < 4.78 is 5.16. The standard InChI is InChI=1S/C12H14ClN3O4/c13-10-2-1-9(7-11(10)16(18)19)14-8-12(17)15-3-5-20-6-4-15/h1-2,7,14H,3-6,8H2. The lowest BCUT2D eigenvalue weighted by molar-refractivity contribution is -0.384. The second-order valence-corrected chi connectivity index (χ2v) is 4.68. The average molecular weight is 300 g/mol. The Balaban J connectivity index is 1.95. The van der Waals surface area contributed by atoms with E-state index in [4.69, 9.17) is 16.3 Å². The first kappa shape index (κ1) is 14.5. The summed E-state index contributed by atoms with van der Waals surface area (Å²) in [5, 5.41) is 13.7. The molecule has 0 unspecified atom stereocenters. The predicted octanol–water partition coefficient (Wildman–Crippen LogP) is 1.52. The molecule has 0 bridgehead atoms. The molecule has 0 saturated carbocycles. The van der Waals surface area contributed by atoms with Gasteiger partial charge in [-0.1, -0.05) is 11.6 Å². The third-order valence-corrected chi connectivity index (χ3v) is 3.27. The highest BCUT2D eigenvalue weighted by molar-refractivity contribution is 6.32. The Morgan fingerprint density at radius 1 is 1.45 bits per heavy atom. The summed E-state index contributed by atoms with van der Waals surface area (Å²) in [5.74, 6) is -0.0640. The van der Waals surface area contributed by atoms with Gasteiger partial charge in [-0.25, -0.2) is 0 Å². The predicted molar refractivity (Wildman–Crippen MR) is 74.0 cm³/mol. The first-order chi connectivity index (χ1) is 9.58. The summed E-state index contributed by atoms with van der Waals surface area (Å²) in [4.78, 5) is 23.8. The highest BCUT2D eigenvalue weighted by Crippen LogP contribution is 2.27. The lowest BCUT2D eigenvalue weighted by atomic mass is 10.2. The van der Waals surface area contributed by atoms with Gasteiger partial charge in [-0.05, 0) is 12.1 Å². The maximum absolute atomic E-state index is 11.9. The third kappa shape index (κ3) is 3.58. The van der Waals surface area contributed by atoms with Crippen LogP contribution in [0.2, 0.25) is 5.02 Å². The van der Waals surface area contributed by atoms with Crippen LogP contribution in [0.5, 0.6) is 0 Å². The number of nitro benzene ring substituents is 1. The zero-order valence-corrected chi connectivity index (χ0v) is 11.4. The van der Waals surface area contributed by atoms with E-state index in [1.54, 1.807) is 11.0 Å². The molecule has 0 atom stereocenters. The molecular formula is C12H14ClN3O4. The smallest absolute Gasteiger partial charge is 0.289 e. The first-order valence-corrected chi connectivity index (χ1v) is 6.49. The molecule has 1 aromatic rings. The second-order valence-electron chi connectivity index (χ2n) is 4.27. The minimum Gasteiger partial charge on any atom is -0.378 e. The number of carbonyl (C=O) groups is 1. The number of hydrogen-bond donors (Lipinski definition) is 1. The Hall–Kier alpha value is -1.86. The van der Waals surface area contributed by atoms with E-state index in [-0.39, 0.29) is 23.2 Å². The molecule has 1 aliphatic rings. The van der Waals surface area contributed by atoms with Crippen molar-refractivity contribution in [1.82, 2.24) is 4.90 Å². The normalized spacial score (nSPS) is 14.9. The van der Waals surface area contributed by atoms with Gasteiger partial charge in [0.1, 0.15) is 5.02 Å². The molecule has 1 aromatic carbocycles. The van der Waals surface area contributed by atoms with Crippen LogP contribution < -0.4 is 5.32 Å². The zero-order valence-electron chi connectivity index (χ0n) is 10.7. The van der Waals surface area contributed by atoms with E-state index >= 15 is 0 Å². The number of nitrogens with one attached hydrogen (secondary N) is 1. The molecule has 1 heterocycles. The number of morpholine rings is 1. The number of anilines is 1. The molecule has 20 heavy (non-hydrogen) atoms. The molecule has 0 aliphatic carbocycles. The fraction of sp³-hybridized carbons (Fsp3) is 0.417. The molecule has 0 aromatic heterocycles. The second kappa shape index (κ2) is 6.53. The number of ether oxygens (including phenoxy) is 1. The molecule has 7 nitrogen and oxygen atoms in total. The van der Waals surface area contributed by atoms with E-state index in [1.165, 1.54) is 12.1 Å². The molecule has 2 rings (SSSR count). The fourth-order valence-electron chi connectivity index (χ4n) is 1.86. The topological polar surface area (TPSA) is 84.7 Å². The van der Waals surface area contributed by atoms with Crippen molar-refractivity contribution in [2.45, 2.75) is 0 Å². The van der Waals surface area contributed by atoms with Crippen molar-refractivity contribution >= 4 is 28.9 Å². The highest BCUT2D eigenvalue weighted by Gasteiger charge is 2.17. The van der Waals surface area contributed by atoms with E-state index in [1.807, 2.05) is 0 Å². The SMILES string of the molecule is O=C(CNc1ccc(Cl)c([N+](=O)[O-])c1)N1CCOCC1. The molecule has 1 saturated heterocycles. The van der Waals surface area contributed by atoms with Crippen molar-refractivity contribution in [3.8, 4) is 0 Å². The van der Waals surface area contributed by atoms with Gasteiger partial charge in [-0.15, -0.1) is 0 Å². The summed E-state index contributed by atoms with van der Waals surface area (Å²) in [6.07, 6.45) is 0. The van der Waals surface area contributed by atoms with E-state index < -0.39 is 4.92 Å². The van der Waals surface area contributed by atoms with E-state index in [9.17, 15) is 14.9 Å². The van der Waals surface area contributed by atoms with Crippen LogP contribution in [0.3, 0.4) is 0 Å². The van der Waals surface area contributed by atoms with Gasteiger partial charge < -0.3 is 15.0 Å². The number of benzene rings is 1. The van der Waals surface area contributed by atoms with Crippen LogP contribution >= 0.6 is 11.6 Å². The van der Waals surface area contributed by atoms with Crippen molar-refractivity contribution in [3.05, 3.63) is 33.3 Å². The molecule has 1 fully saturated rings. The molecule has 0 radical (unpaired) electrons. The average Bonchev–Trinajstić information content (AvgIpc) is 2.46. The van der Waals surface area contributed by atoms with E-state index in [2.05, 4.69) is 5.32 Å². The number of hydrogen-bond acceptors (Lipinski definition) is 5. The molecular weight excluding hydrogens is 286 g/mol. The number of nitro groups is 1. The van der Waals surface area contributed by atoms with Gasteiger partial charge >= 0.3 is 0 Å². The van der Waals surface area contributed by atoms with Crippen LogP contribution in [-0.4, -0.2) is 48.6 Å². The van der Waals surface area contributed by atoms with Crippen molar-refractivity contribution in [2.24, 2.45) is 0 Å². The minimum atomic E-state index is -0.558. The van der Waals surface area contributed by atoms with Gasteiger partial charge in [0.2, 0.25) is 5.91 Å². The van der Waals surface area contributed by atoms with Crippen molar-refractivity contribution < 1.29 is 14.5 Å². The molecule has 1 N–H and O–H groups in total. The molecule has 1 amide bonds. The summed E-state index contributed by atoms with van der Waals surface area (Å²) in [7, 11) is 0. The van der Waals surface area contributed by atoms with Crippen LogP contribution in [0.25, 0.3) is 0 Å². The fourth-order valence-corrected chi connectivity index (χ4v) is 2.05. The van der Waals surface area contributed by atoms with Crippen LogP contribution in [-0.2, 0) is 9.53 Å². The van der Waals surface area contributed by atoms with Gasteiger partial charge in [0.05, 0.1) is 24.7 Å². The molecule has 8 heteroatoms. The Morgan fingerprint density at radius 3 is 2.80 bits per heavy atom. The van der Waals surface area contributed by atoms with Crippen molar-refractivity contribution in [2.75, 3.05) is 38.2 Å². The summed E-state index contributed by atoms with van der Waals surface area (Å²) in [5.41, 5.74) is 0.304. The van der Waals surface area contributed by atoms with Crippen LogP contribution in [0.15, 0.2) is 18.2 Å². The van der Waals surface area contributed by atoms with Crippen LogP contribution in [0, 0.1) is 10.1 Å². The monoisotopic (exact) mass is 299 g/mol. The summed E-state index contributed by atoms with van der Waals surface area (Å²) >= 11 is 5.72. The number of halogens is 1. The van der Waals surface area contributed by atoms with Crippen molar-refractivity contribution in [1.29, 1.82) is 0 Å². The Kier molecular flexibility index (Phi) is 4.75. The molecule has 1 aliphatic heterocycles. The van der Waals surface area contributed by atoms with Crippen LogP contribution in [0.1, 0.15) is 0 Å². The molecule has 108 valence electrons. The van der Waals surface area contributed by atoms with E-state index in [0.29, 0.717) is 32.0 Å². The summed E-state index contributed by atoms with van der Waals surface area (Å²) in [6, 6.07) is 4.35. The van der Waals surface area contributed by atoms with Gasteiger partial charge in [-0.2, -0.15) is 0 Å². The maximum atomic E-state index is 11.9. The maximum Gasteiger partial charge on any atom is 0.289 e. The largest absolute Gasteiger partial charge is 0.378 e. The Bertz CT molecular complexity index is 517. The lowest BCUT2D eigenvalue weighted by Gasteiger charge is -2.27. The van der Waals surface area contributed by atoms with Gasteiger partial charge in [-0.3, -0.25) is 14.9 Å². The quantitative estimate of drug-likeness (QED) is 0.673. The third-order valence-electron chi connectivity index (χ3n) is 2.95. The minimum absolute atomic E-state index is 0.0640.